The second-order valence-electron chi connectivity index (χ2n) is 5.19. The van der Waals surface area contributed by atoms with E-state index in [0.29, 0.717) is 16.9 Å². The molecule has 0 spiro atoms. The lowest BCUT2D eigenvalue weighted by atomic mass is 10.0. The monoisotopic (exact) mass is 285 g/mol. The number of anilines is 1. The van der Waals surface area contributed by atoms with Gasteiger partial charge in [0.2, 0.25) is 5.95 Å². The van der Waals surface area contributed by atoms with E-state index >= 15 is 0 Å². The van der Waals surface area contributed by atoms with Gasteiger partial charge in [-0.3, -0.25) is 4.57 Å². The van der Waals surface area contributed by atoms with Crippen LogP contribution in [-0.4, -0.2) is 9.55 Å². The van der Waals surface area contributed by atoms with Crippen molar-refractivity contribution in [2.45, 2.75) is 19.8 Å². The van der Waals surface area contributed by atoms with E-state index in [4.69, 9.17) is 17.3 Å². The quantitative estimate of drug-likeness (QED) is 0.759. The molecule has 3 nitrogen and oxygen atoms in total. The van der Waals surface area contributed by atoms with E-state index in [0.717, 1.165) is 16.7 Å². The zero-order chi connectivity index (χ0) is 14.3. The second kappa shape index (κ2) is 4.84. The van der Waals surface area contributed by atoms with E-state index < -0.39 is 0 Å². The predicted octanol–water partition coefficient (Wildman–Crippen LogP) is 4.38. The molecule has 0 saturated carbocycles. The van der Waals surface area contributed by atoms with Crippen molar-refractivity contribution < 1.29 is 0 Å². The average molecular weight is 286 g/mol. The lowest BCUT2D eigenvalue weighted by Crippen LogP contribution is -2.01. The maximum atomic E-state index is 6.07. The van der Waals surface area contributed by atoms with Gasteiger partial charge in [0.15, 0.2) is 0 Å². The van der Waals surface area contributed by atoms with Gasteiger partial charge in [-0.2, -0.15) is 0 Å². The smallest absolute Gasteiger partial charge is 0.205 e. The first-order valence-electron chi connectivity index (χ1n) is 6.60. The van der Waals surface area contributed by atoms with Crippen LogP contribution in [0.15, 0.2) is 42.5 Å². The van der Waals surface area contributed by atoms with Crippen LogP contribution in [-0.2, 0) is 0 Å². The summed E-state index contributed by atoms with van der Waals surface area (Å²) in [6.45, 7) is 4.35. The van der Waals surface area contributed by atoms with Crippen LogP contribution in [0, 0.1) is 0 Å². The second-order valence-corrected chi connectivity index (χ2v) is 5.62. The van der Waals surface area contributed by atoms with Crippen LogP contribution in [0.2, 0.25) is 5.02 Å². The highest BCUT2D eigenvalue weighted by molar-refractivity contribution is 6.31. The van der Waals surface area contributed by atoms with E-state index in [-0.39, 0.29) is 0 Å². The number of rotatable bonds is 2. The highest BCUT2D eigenvalue weighted by atomic mass is 35.5. The molecule has 0 fully saturated rings. The first-order chi connectivity index (χ1) is 9.56. The van der Waals surface area contributed by atoms with Gasteiger partial charge in [0.05, 0.1) is 11.0 Å². The summed E-state index contributed by atoms with van der Waals surface area (Å²) in [7, 11) is 0. The van der Waals surface area contributed by atoms with Crippen molar-refractivity contribution in [1.82, 2.24) is 9.55 Å². The SMILES string of the molecule is CC(C)c1cccc(-n2c(N)nc3cc(Cl)ccc32)c1. The van der Waals surface area contributed by atoms with E-state index in [9.17, 15) is 0 Å². The molecule has 3 aromatic rings. The van der Waals surface area contributed by atoms with Crippen LogP contribution in [0.3, 0.4) is 0 Å². The normalized spacial score (nSPS) is 11.4. The Bertz CT molecular complexity index is 774. The number of hydrogen-bond donors (Lipinski definition) is 1. The van der Waals surface area contributed by atoms with Crippen molar-refractivity contribution in [3.8, 4) is 5.69 Å². The van der Waals surface area contributed by atoms with E-state index in [1.807, 2.05) is 34.9 Å². The number of imidazole rings is 1. The summed E-state index contributed by atoms with van der Waals surface area (Å²) in [5.41, 5.74) is 10.1. The van der Waals surface area contributed by atoms with Crippen LogP contribution in [0.5, 0.6) is 0 Å². The van der Waals surface area contributed by atoms with Gasteiger partial charge in [-0.25, -0.2) is 4.98 Å². The summed E-state index contributed by atoms with van der Waals surface area (Å²) >= 11 is 6.00. The average Bonchev–Trinajstić information content (AvgIpc) is 2.73. The van der Waals surface area contributed by atoms with E-state index in [2.05, 4.69) is 31.0 Å². The van der Waals surface area contributed by atoms with Gasteiger partial charge in [0, 0.05) is 10.7 Å². The van der Waals surface area contributed by atoms with Crippen molar-refractivity contribution in [2.24, 2.45) is 0 Å². The zero-order valence-electron chi connectivity index (χ0n) is 11.5. The van der Waals surface area contributed by atoms with Gasteiger partial charge in [0.25, 0.3) is 0 Å². The van der Waals surface area contributed by atoms with Crippen LogP contribution in [0.25, 0.3) is 16.7 Å². The van der Waals surface area contributed by atoms with Crippen molar-refractivity contribution in [2.75, 3.05) is 5.73 Å². The van der Waals surface area contributed by atoms with Gasteiger partial charge in [-0.15, -0.1) is 0 Å². The van der Waals surface area contributed by atoms with Crippen molar-refractivity contribution in [3.63, 3.8) is 0 Å². The van der Waals surface area contributed by atoms with Gasteiger partial charge >= 0.3 is 0 Å². The first kappa shape index (κ1) is 13.0. The maximum absolute atomic E-state index is 6.07. The molecule has 4 heteroatoms. The Kier molecular flexibility index (Phi) is 3.14. The summed E-state index contributed by atoms with van der Waals surface area (Å²) < 4.78 is 1.96. The fourth-order valence-corrected chi connectivity index (χ4v) is 2.53. The fraction of sp³-hybridized carbons (Fsp3) is 0.188. The molecule has 0 aliphatic rings. The lowest BCUT2D eigenvalue weighted by molar-refractivity contribution is 0.864. The summed E-state index contributed by atoms with van der Waals surface area (Å²) in [5.74, 6) is 0.948. The topological polar surface area (TPSA) is 43.8 Å². The molecule has 0 unspecified atom stereocenters. The van der Waals surface area contributed by atoms with E-state index in [1.165, 1.54) is 5.56 Å². The van der Waals surface area contributed by atoms with Crippen LogP contribution in [0.4, 0.5) is 5.95 Å². The minimum atomic E-state index is 0.473. The van der Waals surface area contributed by atoms with Crippen molar-refractivity contribution in [3.05, 3.63) is 53.1 Å². The third kappa shape index (κ3) is 2.14. The number of nitrogen functional groups attached to an aromatic ring is 1. The number of benzene rings is 2. The Morgan fingerprint density at radius 1 is 1.15 bits per heavy atom. The summed E-state index contributed by atoms with van der Waals surface area (Å²) in [5, 5.41) is 0.665. The predicted molar refractivity (Wildman–Crippen MR) is 84.6 cm³/mol. The number of nitrogens with two attached hydrogens (primary N) is 1. The molecule has 0 aliphatic carbocycles. The van der Waals surface area contributed by atoms with Gasteiger partial charge in [-0.05, 0) is 41.8 Å². The maximum Gasteiger partial charge on any atom is 0.205 e. The first-order valence-corrected chi connectivity index (χ1v) is 6.98. The van der Waals surface area contributed by atoms with Crippen molar-refractivity contribution in [1.29, 1.82) is 0 Å². The third-order valence-electron chi connectivity index (χ3n) is 3.44. The van der Waals surface area contributed by atoms with Crippen LogP contribution < -0.4 is 5.73 Å². The molecule has 1 heterocycles. The number of aromatic nitrogens is 2. The highest BCUT2D eigenvalue weighted by Crippen LogP contribution is 2.27. The highest BCUT2D eigenvalue weighted by Gasteiger charge is 2.11. The molecule has 0 bridgehead atoms. The molecule has 0 saturated heterocycles. The minimum absolute atomic E-state index is 0.473. The number of fused-ring (bicyclic) bond motifs is 1. The zero-order valence-corrected chi connectivity index (χ0v) is 12.2. The van der Waals surface area contributed by atoms with Crippen molar-refractivity contribution >= 4 is 28.6 Å². The Hall–Kier alpha value is -2.00. The molecule has 20 heavy (non-hydrogen) atoms. The van der Waals surface area contributed by atoms with Crippen LogP contribution in [0.1, 0.15) is 25.3 Å². The molecule has 1 aromatic heterocycles. The fourth-order valence-electron chi connectivity index (χ4n) is 2.37. The van der Waals surface area contributed by atoms with Gasteiger partial charge in [0.1, 0.15) is 0 Å². The molecule has 0 radical (unpaired) electrons. The summed E-state index contributed by atoms with van der Waals surface area (Å²) in [6, 6.07) is 14.0. The van der Waals surface area contributed by atoms with E-state index in [1.54, 1.807) is 0 Å². The molecule has 0 amide bonds. The molecular formula is C16H16ClN3. The largest absolute Gasteiger partial charge is 0.369 e. The van der Waals surface area contributed by atoms with Crippen LogP contribution >= 0.6 is 11.6 Å². The molecule has 3 rings (SSSR count). The molecule has 0 atom stereocenters. The van der Waals surface area contributed by atoms with Gasteiger partial charge < -0.3 is 5.73 Å². The minimum Gasteiger partial charge on any atom is -0.369 e. The standard InChI is InChI=1S/C16H16ClN3/c1-10(2)11-4-3-5-13(8-11)20-15-7-6-12(17)9-14(15)19-16(20)18/h3-10H,1-2H3,(H2,18,19). The summed E-state index contributed by atoms with van der Waals surface area (Å²) in [4.78, 5) is 4.38. The molecule has 2 N–H and O–H groups in total. The Labute approximate surface area is 123 Å². The molecular weight excluding hydrogens is 270 g/mol. The Morgan fingerprint density at radius 2 is 1.95 bits per heavy atom. The third-order valence-corrected chi connectivity index (χ3v) is 3.67. The molecule has 102 valence electrons. The Balaban J connectivity index is 2.24. The number of halogens is 1. The Morgan fingerprint density at radius 3 is 2.70 bits per heavy atom. The molecule has 2 aromatic carbocycles. The lowest BCUT2D eigenvalue weighted by Gasteiger charge is -2.10. The van der Waals surface area contributed by atoms with Gasteiger partial charge in [-0.1, -0.05) is 37.6 Å². The number of nitrogens with zero attached hydrogens (tertiary/aromatic N) is 2. The summed E-state index contributed by atoms with van der Waals surface area (Å²) in [6.07, 6.45) is 0. The number of hydrogen-bond acceptors (Lipinski definition) is 2. The molecule has 0 aliphatic heterocycles.